The first-order valence-electron chi connectivity index (χ1n) is 8.93. The molecule has 29 heavy (non-hydrogen) atoms. The number of carbonyl (C=O) groups is 1. The highest BCUT2D eigenvalue weighted by atomic mass is 32.2. The highest BCUT2D eigenvalue weighted by Crippen LogP contribution is 2.27. The van der Waals surface area contributed by atoms with Gasteiger partial charge in [-0.05, 0) is 68.1 Å². The van der Waals surface area contributed by atoms with E-state index in [1.165, 1.54) is 23.1 Å². The summed E-state index contributed by atoms with van der Waals surface area (Å²) in [5.41, 5.74) is 3.35. The van der Waals surface area contributed by atoms with Crippen molar-refractivity contribution in [2.75, 3.05) is 5.32 Å². The quantitative estimate of drug-likeness (QED) is 0.433. The molecule has 146 valence electrons. The summed E-state index contributed by atoms with van der Waals surface area (Å²) < 4.78 is 5.34. The number of furan rings is 1. The van der Waals surface area contributed by atoms with Crippen molar-refractivity contribution in [3.05, 3.63) is 71.2 Å². The molecule has 6 nitrogen and oxygen atoms in total. The Kier molecular flexibility index (Phi) is 5.73. The predicted octanol–water partition coefficient (Wildman–Crippen LogP) is 5.14. The van der Waals surface area contributed by atoms with Gasteiger partial charge in [0.1, 0.15) is 0 Å². The Hall–Kier alpha value is -2.97. The lowest BCUT2D eigenvalue weighted by atomic mass is 10.3. The minimum atomic E-state index is -0.112. The fourth-order valence-electron chi connectivity index (χ4n) is 2.72. The normalized spacial score (nSPS) is 10.8. The smallest absolute Gasteiger partial charge is 0.230 e. The fraction of sp³-hybridized carbons (Fsp3) is 0.143. The molecule has 0 spiro atoms. The number of nitrogens with one attached hydrogen (secondary N) is 1. The van der Waals surface area contributed by atoms with Crippen molar-refractivity contribution in [3.63, 3.8) is 0 Å². The van der Waals surface area contributed by atoms with E-state index in [0.717, 1.165) is 37.8 Å². The average Bonchev–Trinajstić information content (AvgIpc) is 3.34. The Morgan fingerprint density at radius 3 is 2.55 bits per heavy atom. The van der Waals surface area contributed by atoms with Crippen LogP contribution >= 0.6 is 23.1 Å². The predicted molar refractivity (Wildman–Crippen MR) is 114 cm³/mol. The van der Waals surface area contributed by atoms with Crippen LogP contribution in [0.5, 0.6) is 0 Å². The number of thiazole rings is 1. The third-order valence-electron chi connectivity index (χ3n) is 3.93. The van der Waals surface area contributed by atoms with Gasteiger partial charge in [0.15, 0.2) is 15.9 Å². The third kappa shape index (κ3) is 5.10. The highest BCUT2D eigenvalue weighted by molar-refractivity contribution is 7.99. The second kappa shape index (κ2) is 8.59. The van der Waals surface area contributed by atoms with E-state index in [4.69, 9.17) is 4.42 Å². The topological polar surface area (TPSA) is 80.9 Å². The van der Waals surface area contributed by atoms with E-state index in [-0.39, 0.29) is 12.3 Å². The van der Waals surface area contributed by atoms with Gasteiger partial charge in [-0.1, -0.05) is 0 Å². The molecule has 0 saturated heterocycles. The lowest BCUT2D eigenvalue weighted by Crippen LogP contribution is -2.14. The molecule has 8 heteroatoms. The molecule has 4 aromatic rings. The number of rotatable bonds is 6. The van der Waals surface area contributed by atoms with Crippen molar-refractivity contribution in [1.82, 2.24) is 15.0 Å². The molecule has 0 aliphatic rings. The van der Waals surface area contributed by atoms with Gasteiger partial charge < -0.3 is 9.73 Å². The van der Waals surface area contributed by atoms with Crippen LogP contribution in [0.1, 0.15) is 17.1 Å². The summed E-state index contributed by atoms with van der Waals surface area (Å²) in [6.45, 7) is 3.91. The number of benzene rings is 1. The number of hydrogen-bond donors (Lipinski definition) is 1. The van der Waals surface area contributed by atoms with Crippen LogP contribution in [-0.4, -0.2) is 20.9 Å². The summed E-state index contributed by atoms with van der Waals surface area (Å²) in [4.78, 5) is 26.7. The molecule has 1 N–H and O–H groups in total. The van der Waals surface area contributed by atoms with Crippen LogP contribution in [0.2, 0.25) is 0 Å². The number of aryl methyl sites for hydroxylation is 2. The van der Waals surface area contributed by atoms with Crippen LogP contribution in [0, 0.1) is 13.8 Å². The van der Waals surface area contributed by atoms with Gasteiger partial charge in [0.2, 0.25) is 5.91 Å². The van der Waals surface area contributed by atoms with Gasteiger partial charge in [-0.25, -0.2) is 15.0 Å². The van der Waals surface area contributed by atoms with Crippen LogP contribution in [-0.2, 0) is 11.2 Å². The summed E-state index contributed by atoms with van der Waals surface area (Å²) in [5, 5.41) is 6.27. The van der Waals surface area contributed by atoms with E-state index in [9.17, 15) is 4.79 Å². The van der Waals surface area contributed by atoms with Gasteiger partial charge in [0, 0.05) is 27.4 Å². The van der Waals surface area contributed by atoms with Crippen LogP contribution in [0.15, 0.2) is 68.6 Å². The largest absolute Gasteiger partial charge is 0.462 e. The Morgan fingerprint density at radius 2 is 1.86 bits per heavy atom. The third-order valence-corrected chi connectivity index (χ3v) is 5.71. The zero-order valence-electron chi connectivity index (χ0n) is 15.9. The van der Waals surface area contributed by atoms with Crippen molar-refractivity contribution in [3.8, 4) is 10.8 Å². The van der Waals surface area contributed by atoms with Crippen molar-refractivity contribution >= 4 is 34.7 Å². The molecule has 4 rings (SSSR count). The molecule has 0 aliphatic carbocycles. The van der Waals surface area contributed by atoms with Gasteiger partial charge in [-0.3, -0.25) is 4.79 Å². The second-order valence-corrected chi connectivity index (χ2v) is 8.30. The molecule has 3 heterocycles. The Labute approximate surface area is 176 Å². The van der Waals surface area contributed by atoms with E-state index in [1.54, 1.807) is 6.26 Å². The maximum absolute atomic E-state index is 12.3. The lowest BCUT2D eigenvalue weighted by Gasteiger charge is -2.06. The van der Waals surface area contributed by atoms with Crippen LogP contribution in [0.25, 0.3) is 10.8 Å². The zero-order chi connectivity index (χ0) is 20.2. The fourth-order valence-corrected chi connectivity index (χ4v) is 4.37. The van der Waals surface area contributed by atoms with Gasteiger partial charge in [-0.2, -0.15) is 0 Å². The molecule has 0 fully saturated rings. The first-order chi connectivity index (χ1) is 14.0. The highest BCUT2D eigenvalue weighted by Gasteiger charge is 2.11. The molecule has 0 aliphatic heterocycles. The van der Waals surface area contributed by atoms with Gasteiger partial charge in [0.25, 0.3) is 0 Å². The van der Waals surface area contributed by atoms with Crippen molar-refractivity contribution in [2.24, 2.45) is 0 Å². The first-order valence-corrected chi connectivity index (χ1v) is 10.6. The van der Waals surface area contributed by atoms with Crippen molar-refractivity contribution in [1.29, 1.82) is 0 Å². The Balaban J connectivity index is 1.35. The van der Waals surface area contributed by atoms with E-state index < -0.39 is 0 Å². The number of hydrogen-bond acceptors (Lipinski definition) is 7. The summed E-state index contributed by atoms with van der Waals surface area (Å²) in [5.74, 6) is 0.599. The molecule has 1 amide bonds. The molecular formula is C21H18N4O2S2. The molecule has 0 unspecified atom stereocenters. The van der Waals surface area contributed by atoms with E-state index >= 15 is 0 Å². The summed E-state index contributed by atoms with van der Waals surface area (Å²) >= 11 is 2.96. The number of carbonyl (C=O) groups excluding carboxylic acids is 1. The monoisotopic (exact) mass is 422 g/mol. The van der Waals surface area contributed by atoms with E-state index in [0.29, 0.717) is 5.76 Å². The minimum Gasteiger partial charge on any atom is -0.462 e. The Morgan fingerprint density at radius 1 is 1.10 bits per heavy atom. The Bertz CT molecular complexity index is 1100. The van der Waals surface area contributed by atoms with Gasteiger partial charge in [-0.15, -0.1) is 11.3 Å². The van der Waals surface area contributed by atoms with E-state index in [2.05, 4.69) is 20.3 Å². The maximum Gasteiger partial charge on any atom is 0.230 e. The first kappa shape index (κ1) is 19.4. The molecular weight excluding hydrogens is 404 g/mol. The van der Waals surface area contributed by atoms with Gasteiger partial charge in [0.05, 0.1) is 18.4 Å². The van der Waals surface area contributed by atoms with Crippen LogP contribution in [0.4, 0.5) is 5.69 Å². The lowest BCUT2D eigenvalue weighted by molar-refractivity contribution is -0.115. The van der Waals surface area contributed by atoms with Crippen molar-refractivity contribution < 1.29 is 9.21 Å². The maximum atomic E-state index is 12.3. The van der Waals surface area contributed by atoms with Gasteiger partial charge >= 0.3 is 0 Å². The summed E-state index contributed by atoms with van der Waals surface area (Å²) in [6.07, 6.45) is 1.82. The van der Waals surface area contributed by atoms with E-state index in [1.807, 2.05) is 61.7 Å². The van der Waals surface area contributed by atoms with Crippen molar-refractivity contribution in [2.45, 2.75) is 30.3 Å². The number of anilines is 1. The molecule has 0 saturated carbocycles. The summed E-state index contributed by atoms with van der Waals surface area (Å²) in [7, 11) is 0. The second-order valence-electron chi connectivity index (χ2n) is 6.41. The molecule has 0 radical (unpaired) electrons. The summed E-state index contributed by atoms with van der Waals surface area (Å²) in [6, 6.07) is 13.3. The molecule has 3 aromatic heterocycles. The standard InChI is InChI=1S/C21H18N4O2S2/c1-13-10-14(2)23-21(22-13)29-17-7-5-15(6-8-17)24-19(26)11-16-12-28-20(25-16)18-4-3-9-27-18/h3-10,12H,11H2,1-2H3,(H,24,26). The molecule has 0 atom stereocenters. The number of amides is 1. The number of nitrogens with zero attached hydrogens (tertiary/aromatic N) is 3. The average molecular weight is 423 g/mol. The zero-order valence-corrected chi connectivity index (χ0v) is 17.5. The molecule has 1 aromatic carbocycles. The SMILES string of the molecule is Cc1cc(C)nc(Sc2ccc(NC(=O)Cc3csc(-c4ccco4)n3)cc2)n1. The van der Waals surface area contributed by atoms with Crippen LogP contribution < -0.4 is 5.32 Å². The number of aromatic nitrogens is 3. The minimum absolute atomic E-state index is 0.112. The molecule has 0 bridgehead atoms. The van der Waals surface area contributed by atoms with Crippen LogP contribution in [0.3, 0.4) is 0 Å².